The van der Waals surface area contributed by atoms with Crippen LogP contribution in [0.25, 0.3) is 22.4 Å². The highest BCUT2D eigenvalue weighted by Crippen LogP contribution is 2.30. The quantitative estimate of drug-likeness (QED) is 0.705. The smallest absolute Gasteiger partial charge is 0.259 e. The second-order valence-electron chi connectivity index (χ2n) is 6.35. The first-order chi connectivity index (χ1) is 11.9. The molecule has 1 unspecified atom stereocenters. The van der Waals surface area contributed by atoms with Crippen molar-refractivity contribution in [3.63, 3.8) is 0 Å². The van der Waals surface area contributed by atoms with E-state index in [0.717, 1.165) is 17.1 Å². The Bertz CT molecular complexity index is 930. The summed E-state index contributed by atoms with van der Waals surface area (Å²) in [6.07, 6.45) is 0.704. The van der Waals surface area contributed by atoms with Crippen LogP contribution >= 0.6 is 12.4 Å². The first-order valence-corrected chi connectivity index (χ1v) is 8.25. The summed E-state index contributed by atoms with van der Waals surface area (Å²) in [5.74, 6) is 1.33. The molecule has 0 bridgehead atoms. The number of hydrogen-bond donors (Lipinski definition) is 2. The van der Waals surface area contributed by atoms with E-state index in [1.54, 1.807) is 13.0 Å². The molecule has 0 aliphatic rings. The maximum atomic E-state index is 12.7. The summed E-state index contributed by atoms with van der Waals surface area (Å²) in [5, 5.41) is 7.47. The average molecular weight is 379 g/mol. The molecule has 0 radical (unpaired) electrons. The Labute approximate surface area is 157 Å². The van der Waals surface area contributed by atoms with Crippen molar-refractivity contribution >= 4 is 29.4 Å². The molecular weight excluding hydrogens is 356 g/mol. The minimum absolute atomic E-state index is 0. The molecule has 1 amide bonds. The number of hydrogen-bond acceptors (Lipinski definition) is 6. The van der Waals surface area contributed by atoms with Crippen LogP contribution in [-0.2, 0) is 0 Å². The molecule has 0 saturated heterocycles. The van der Waals surface area contributed by atoms with E-state index in [1.165, 1.54) is 0 Å². The third-order valence-corrected chi connectivity index (χ3v) is 4.06. The molecule has 3 N–H and O–H groups in total. The highest BCUT2D eigenvalue weighted by Gasteiger charge is 2.20. The van der Waals surface area contributed by atoms with Crippen molar-refractivity contribution in [1.82, 2.24) is 15.5 Å². The summed E-state index contributed by atoms with van der Waals surface area (Å²) >= 11 is 0. The zero-order valence-electron chi connectivity index (χ0n) is 15.3. The van der Waals surface area contributed by atoms with E-state index < -0.39 is 0 Å². The van der Waals surface area contributed by atoms with Crippen LogP contribution in [0.2, 0.25) is 0 Å². The number of nitrogens with zero attached hydrogens (tertiary/aromatic N) is 2. The van der Waals surface area contributed by atoms with Gasteiger partial charge >= 0.3 is 0 Å². The standard InChI is InChI=1S/C18H22N4O3.ClH/c1-9(19)5-6-20-17(23)14-8-15(13-7-10(2)24-12(13)4)21-18-16(14)11(3)22-25-18;/h7-9H,5-6,19H2,1-4H3,(H,20,23);1H. The minimum Gasteiger partial charge on any atom is -0.466 e. The lowest BCUT2D eigenvalue weighted by Gasteiger charge is -2.09. The van der Waals surface area contributed by atoms with E-state index in [9.17, 15) is 4.79 Å². The molecule has 3 heterocycles. The molecule has 0 saturated carbocycles. The second kappa shape index (κ2) is 7.88. The van der Waals surface area contributed by atoms with E-state index in [1.807, 2.05) is 26.8 Å². The summed E-state index contributed by atoms with van der Waals surface area (Å²) in [7, 11) is 0. The largest absolute Gasteiger partial charge is 0.466 e. The lowest BCUT2D eigenvalue weighted by molar-refractivity contribution is 0.0954. The van der Waals surface area contributed by atoms with Crippen LogP contribution in [0.3, 0.4) is 0 Å². The highest BCUT2D eigenvalue weighted by atomic mass is 35.5. The average Bonchev–Trinajstić information content (AvgIpc) is 3.08. The molecule has 8 heteroatoms. The number of halogens is 1. The Morgan fingerprint density at radius 3 is 2.65 bits per heavy atom. The topological polar surface area (TPSA) is 107 Å². The predicted molar refractivity (Wildman–Crippen MR) is 102 cm³/mol. The molecule has 3 aromatic rings. The molecule has 0 fully saturated rings. The number of rotatable bonds is 5. The van der Waals surface area contributed by atoms with Crippen molar-refractivity contribution in [2.75, 3.05) is 6.54 Å². The van der Waals surface area contributed by atoms with E-state index >= 15 is 0 Å². The van der Waals surface area contributed by atoms with Gasteiger partial charge in [-0.2, -0.15) is 0 Å². The third-order valence-electron chi connectivity index (χ3n) is 4.06. The zero-order chi connectivity index (χ0) is 18.1. The molecule has 1 atom stereocenters. The lowest BCUT2D eigenvalue weighted by atomic mass is 10.1. The van der Waals surface area contributed by atoms with Crippen LogP contribution in [0.4, 0.5) is 0 Å². The summed E-state index contributed by atoms with van der Waals surface area (Å²) in [6.45, 7) is 7.93. The fourth-order valence-corrected chi connectivity index (χ4v) is 2.81. The van der Waals surface area contributed by atoms with Gasteiger partial charge in [-0.1, -0.05) is 5.16 Å². The van der Waals surface area contributed by atoms with Crippen LogP contribution in [0, 0.1) is 20.8 Å². The molecule has 0 spiro atoms. The van der Waals surface area contributed by atoms with Gasteiger partial charge in [0.15, 0.2) is 0 Å². The van der Waals surface area contributed by atoms with Crippen molar-refractivity contribution in [3.8, 4) is 11.3 Å². The Kier molecular flexibility index (Phi) is 6.05. The number of carbonyl (C=O) groups excluding carboxylic acids is 1. The number of carbonyl (C=O) groups is 1. The van der Waals surface area contributed by atoms with Gasteiger partial charge in [-0.3, -0.25) is 4.79 Å². The molecule has 3 aromatic heterocycles. The van der Waals surface area contributed by atoms with Gasteiger partial charge in [-0.25, -0.2) is 4.98 Å². The van der Waals surface area contributed by atoms with E-state index in [4.69, 9.17) is 14.7 Å². The van der Waals surface area contributed by atoms with Gasteiger partial charge in [-0.15, -0.1) is 12.4 Å². The first-order valence-electron chi connectivity index (χ1n) is 8.25. The predicted octanol–water partition coefficient (Wildman–Crippen LogP) is 3.30. The van der Waals surface area contributed by atoms with Crippen LogP contribution in [0.1, 0.15) is 40.9 Å². The van der Waals surface area contributed by atoms with Crippen LogP contribution < -0.4 is 11.1 Å². The SMILES string of the molecule is Cc1cc(-c2cc(C(=O)NCCC(C)N)c3c(C)noc3n2)c(C)o1.Cl. The van der Waals surface area contributed by atoms with Gasteiger partial charge < -0.3 is 20.0 Å². The van der Waals surface area contributed by atoms with Gasteiger partial charge in [0.05, 0.1) is 22.3 Å². The molecule has 26 heavy (non-hydrogen) atoms. The number of aromatic nitrogens is 2. The Hall–Kier alpha value is -2.38. The maximum Gasteiger partial charge on any atom is 0.259 e. The fourth-order valence-electron chi connectivity index (χ4n) is 2.81. The Morgan fingerprint density at radius 2 is 2.04 bits per heavy atom. The van der Waals surface area contributed by atoms with Crippen molar-refractivity contribution in [2.45, 2.75) is 40.2 Å². The molecular formula is C18H23ClN4O3. The van der Waals surface area contributed by atoms with E-state index in [-0.39, 0.29) is 24.4 Å². The number of fused-ring (bicyclic) bond motifs is 1. The van der Waals surface area contributed by atoms with Crippen LogP contribution in [0.5, 0.6) is 0 Å². The summed E-state index contributed by atoms with van der Waals surface area (Å²) in [5.41, 5.74) is 8.65. The second-order valence-corrected chi connectivity index (χ2v) is 6.35. The van der Waals surface area contributed by atoms with Crippen molar-refractivity contribution < 1.29 is 13.7 Å². The number of aryl methyl sites for hydroxylation is 3. The lowest BCUT2D eigenvalue weighted by Crippen LogP contribution is -2.29. The number of furan rings is 1. The summed E-state index contributed by atoms with van der Waals surface area (Å²) in [4.78, 5) is 17.2. The molecule has 3 rings (SSSR count). The van der Waals surface area contributed by atoms with Crippen LogP contribution in [0.15, 0.2) is 21.1 Å². The highest BCUT2D eigenvalue weighted by molar-refractivity contribution is 6.07. The van der Waals surface area contributed by atoms with Crippen molar-refractivity contribution in [3.05, 3.63) is 34.9 Å². The Balaban J connectivity index is 0.00000243. The van der Waals surface area contributed by atoms with Crippen LogP contribution in [-0.4, -0.2) is 28.6 Å². The maximum absolute atomic E-state index is 12.7. The molecule has 140 valence electrons. The van der Waals surface area contributed by atoms with Gasteiger partial charge in [0.1, 0.15) is 11.5 Å². The van der Waals surface area contributed by atoms with Crippen molar-refractivity contribution in [1.29, 1.82) is 0 Å². The van der Waals surface area contributed by atoms with Gasteiger partial charge in [0.2, 0.25) is 0 Å². The van der Waals surface area contributed by atoms with Crippen molar-refractivity contribution in [2.24, 2.45) is 5.73 Å². The molecule has 7 nitrogen and oxygen atoms in total. The number of amides is 1. The monoisotopic (exact) mass is 378 g/mol. The first kappa shape index (κ1) is 19.9. The summed E-state index contributed by atoms with van der Waals surface area (Å²) < 4.78 is 10.9. The van der Waals surface area contributed by atoms with Gasteiger partial charge in [0.25, 0.3) is 11.6 Å². The number of nitrogens with one attached hydrogen (secondary N) is 1. The van der Waals surface area contributed by atoms with Gasteiger partial charge in [-0.05, 0) is 46.2 Å². The molecule has 0 aliphatic carbocycles. The summed E-state index contributed by atoms with van der Waals surface area (Å²) in [6, 6.07) is 3.68. The van der Waals surface area contributed by atoms with E-state index in [2.05, 4.69) is 15.5 Å². The minimum atomic E-state index is -0.196. The zero-order valence-corrected chi connectivity index (χ0v) is 16.1. The normalized spacial score (nSPS) is 12.0. The molecule has 0 aliphatic heterocycles. The van der Waals surface area contributed by atoms with E-state index in [0.29, 0.717) is 41.0 Å². The fraction of sp³-hybridized carbons (Fsp3) is 0.389. The third kappa shape index (κ3) is 3.89. The number of nitrogens with two attached hydrogens (primary N) is 1. The number of pyridine rings is 1. The van der Waals surface area contributed by atoms with Gasteiger partial charge in [0, 0.05) is 18.2 Å². The molecule has 0 aromatic carbocycles. The Morgan fingerprint density at radius 1 is 1.31 bits per heavy atom.